The van der Waals surface area contributed by atoms with E-state index in [-0.39, 0.29) is 11.0 Å². The van der Waals surface area contributed by atoms with E-state index in [0.29, 0.717) is 0 Å². The Morgan fingerprint density at radius 3 is 1.49 bits per heavy atom. The van der Waals surface area contributed by atoms with E-state index in [4.69, 9.17) is 9.97 Å². The quantitative estimate of drug-likeness (QED) is 0.194. The molecule has 0 saturated carbocycles. The van der Waals surface area contributed by atoms with Crippen LogP contribution in [0.1, 0.15) is 22.8 Å². The number of H-pyrrole nitrogens is 1. The number of benzene rings is 4. The van der Waals surface area contributed by atoms with Crippen LogP contribution in [0.5, 0.6) is 0 Å². The van der Waals surface area contributed by atoms with E-state index in [1.165, 1.54) is 0 Å². The Labute approximate surface area is 289 Å². The molecule has 7 aromatic rings. The average Bonchev–Trinajstić information content (AvgIpc) is 3.95. The van der Waals surface area contributed by atoms with Crippen LogP contribution in [0.2, 0.25) is 0 Å². The van der Waals surface area contributed by atoms with Crippen molar-refractivity contribution in [3.8, 4) is 39.1 Å². The predicted molar refractivity (Wildman–Crippen MR) is 206 cm³/mol. The molecule has 8 bridgehead atoms. The maximum atomic E-state index is 5.29. The molecule has 2 aliphatic heterocycles. The summed E-state index contributed by atoms with van der Waals surface area (Å²) in [6, 6.07) is 53.3. The highest BCUT2D eigenvalue weighted by Crippen LogP contribution is 2.47. The Kier molecular flexibility index (Phi) is 7.80. The normalized spacial score (nSPS) is 11.8. The van der Waals surface area contributed by atoms with Gasteiger partial charge in [0.25, 0.3) is 0 Å². The van der Waals surface area contributed by atoms with E-state index in [1.54, 1.807) is 0 Å². The summed E-state index contributed by atoms with van der Waals surface area (Å²) in [6.07, 6.45) is 8.44. The van der Waals surface area contributed by atoms with E-state index < -0.39 is 0 Å². The number of hydrogen-bond donors (Lipinski definition) is 1. The Bertz CT molecular complexity index is 2530. The lowest BCUT2D eigenvalue weighted by atomic mass is 9.93. The molecule has 0 aliphatic carbocycles. The topological polar surface area (TPSA) is 46.5 Å². The van der Waals surface area contributed by atoms with Crippen LogP contribution >= 0.6 is 0 Å². The molecule has 0 atom stereocenters. The van der Waals surface area contributed by atoms with E-state index >= 15 is 0 Å². The van der Waals surface area contributed by atoms with Crippen molar-refractivity contribution in [2.75, 3.05) is 0 Å². The summed E-state index contributed by atoms with van der Waals surface area (Å²) in [7, 11) is 0. The lowest BCUT2D eigenvalue weighted by molar-refractivity contribution is 1.17. The summed E-state index contributed by atoms with van der Waals surface area (Å²) in [5.41, 5.74) is 15.4. The van der Waals surface area contributed by atoms with Gasteiger partial charge in [0.15, 0.2) is 0 Å². The largest absolute Gasteiger partial charge is 0.355 e. The van der Waals surface area contributed by atoms with Crippen molar-refractivity contribution in [3.05, 3.63) is 174 Å². The Balaban J connectivity index is 0.00000348. The Hall–Kier alpha value is -6.30. The molecule has 0 spiro atoms. The van der Waals surface area contributed by atoms with Crippen LogP contribution in [0.15, 0.2) is 152 Å². The first-order valence-corrected chi connectivity index (χ1v) is 16.2. The average molecular weight is 643 g/mol. The van der Waals surface area contributed by atoms with Crippen LogP contribution in [-0.2, 0) is 0 Å². The van der Waals surface area contributed by atoms with Gasteiger partial charge in [-0.3, -0.25) is 0 Å². The van der Waals surface area contributed by atoms with Gasteiger partial charge in [0, 0.05) is 44.4 Å². The highest BCUT2D eigenvalue weighted by molar-refractivity contribution is 6.10. The van der Waals surface area contributed by atoms with Crippen molar-refractivity contribution in [3.63, 3.8) is 0 Å². The molecular weight excluding hydrogens is 613 g/mol. The van der Waals surface area contributed by atoms with Gasteiger partial charge in [0.05, 0.1) is 33.8 Å². The van der Waals surface area contributed by atoms with Crippen LogP contribution in [0.3, 0.4) is 0 Å². The molecule has 2 aliphatic rings. The van der Waals surface area contributed by atoms with Crippen molar-refractivity contribution < 1.29 is 0 Å². The molecule has 230 valence electrons. The third-order valence-electron chi connectivity index (χ3n) is 8.87. The summed E-state index contributed by atoms with van der Waals surface area (Å²) >= 11 is 0. The van der Waals surface area contributed by atoms with Gasteiger partial charge in [-0.2, -0.15) is 0 Å². The molecule has 3 aromatic heterocycles. The number of aromatic nitrogens is 4. The third-order valence-corrected chi connectivity index (χ3v) is 8.87. The summed E-state index contributed by atoms with van der Waals surface area (Å²) < 4.78 is 2.41. The highest BCUT2D eigenvalue weighted by atomic mass is 28.1. The molecule has 49 heavy (non-hydrogen) atoms. The molecule has 5 heteroatoms. The van der Waals surface area contributed by atoms with Crippen LogP contribution in [0.4, 0.5) is 0 Å². The molecule has 4 nitrogen and oxygen atoms in total. The fourth-order valence-corrected chi connectivity index (χ4v) is 6.81. The second-order valence-corrected chi connectivity index (χ2v) is 12.0. The van der Waals surface area contributed by atoms with Gasteiger partial charge in [-0.1, -0.05) is 109 Å². The molecule has 9 rings (SSSR count). The van der Waals surface area contributed by atoms with Gasteiger partial charge in [0.2, 0.25) is 0 Å². The van der Waals surface area contributed by atoms with Gasteiger partial charge < -0.3 is 9.55 Å². The van der Waals surface area contributed by atoms with E-state index in [2.05, 4.69) is 186 Å². The molecule has 4 aromatic carbocycles. The van der Waals surface area contributed by atoms with Crippen molar-refractivity contribution in [2.45, 2.75) is 0 Å². The first kappa shape index (κ1) is 30.1. The summed E-state index contributed by atoms with van der Waals surface area (Å²) in [6.45, 7) is 0. The smallest absolute Gasteiger partial charge is 0.0737 e. The molecule has 1 N–H and O–H groups in total. The maximum Gasteiger partial charge on any atom is 0.0737 e. The standard InChI is InChI=1S/C44H30N4.Si/c1-5-13-30(14-6-1)41-39-26-25-36(47-39)28-35-22-21-33(45-35)27-34-23-24-37(46-34)29-40-42(31-15-7-2-8-16-31)43(32-17-9-3-10-18-32)44(41)48(40)38-19-11-4-12-20-38;/h1-29,45H;. The zero-order chi connectivity index (χ0) is 31.9. The van der Waals surface area contributed by atoms with Crippen molar-refractivity contribution in [2.24, 2.45) is 0 Å². The van der Waals surface area contributed by atoms with E-state index in [9.17, 15) is 0 Å². The number of para-hydroxylation sites is 1. The van der Waals surface area contributed by atoms with Gasteiger partial charge in [-0.15, -0.1) is 0 Å². The van der Waals surface area contributed by atoms with Crippen molar-refractivity contribution in [1.82, 2.24) is 19.5 Å². The van der Waals surface area contributed by atoms with Crippen LogP contribution in [0.25, 0.3) is 85.4 Å². The SMILES string of the molecule is C1=Cc2cc3c(-c4ccccc4)c(-c4ccccc4)c(c(-c4ccccc4)c4nc(cc5ccc(cc1n2)[nH]5)C=C4)n3-c1ccccc1.[Si]. The summed E-state index contributed by atoms with van der Waals surface area (Å²) in [5, 5.41) is 0. The lowest BCUT2D eigenvalue weighted by Crippen LogP contribution is -1.97. The number of aromatic amines is 1. The first-order valence-electron chi connectivity index (χ1n) is 16.2. The number of hydrogen-bond acceptors (Lipinski definition) is 2. The lowest BCUT2D eigenvalue weighted by Gasteiger charge is -2.13. The number of nitrogens with one attached hydrogen (secondary N) is 1. The zero-order valence-corrected chi connectivity index (χ0v) is 27.6. The maximum absolute atomic E-state index is 5.29. The van der Waals surface area contributed by atoms with Gasteiger partial charge in [-0.25, -0.2) is 9.97 Å². The first-order chi connectivity index (χ1) is 23.8. The second kappa shape index (κ2) is 12.7. The van der Waals surface area contributed by atoms with Crippen LogP contribution in [0, 0.1) is 0 Å². The Morgan fingerprint density at radius 2 is 0.898 bits per heavy atom. The fourth-order valence-electron chi connectivity index (χ4n) is 6.81. The zero-order valence-electron chi connectivity index (χ0n) is 26.6. The summed E-state index contributed by atoms with van der Waals surface area (Å²) in [5.74, 6) is 0. The summed E-state index contributed by atoms with van der Waals surface area (Å²) in [4.78, 5) is 13.9. The minimum atomic E-state index is 0. The van der Waals surface area contributed by atoms with Crippen molar-refractivity contribution in [1.29, 1.82) is 0 Å². The van der Waals surface area contributed by atoms with Gasteiger partial charge >= 0.3 is 0 Å². The molecule has 5 heterocycles. The number of fused-ring (bicyclic) bond motifs is 8. The molecule has 0 amide bonds. The molecule has 0 saturated heterocycles. The van der Waals surface area contributed by atoms with E-state index in [0.717, 1.165) is 83.9 Å². The van der Waals surface area contributed by atoms with Crippen molar-refractivity contribution >= 4 is 57.3 Å². The van der Waals surface area contributed by atoms with Gasteiger partial charge in [-0.05, 0) is 83.5 Å². The molecule has 0 fully saturated rings. The second-order valence-electron chi connectivity index (χ2n) is 12.0. The highest BCUT2D eigenvalue weighted by Gasteiger charge is 2.25. The van der Waals surface area contributed by atoms with E-state index in [1.807, 2.05) is 0 Å². The van der Waals surface area contributed by atoms with Crippen LogP contribution in [-0.4, -0.2) is 30.5 Å². The fraction of sp³-hybridized carbons (Fsp3) is 0. The van der Waals surface area contributed by atoms with Gasteiger partial charge in [0.1, 0.15) is 0 Å². The monoisotopic (exact) mass is 642 g/mol. The minimum Gasteiger partial charge on any atom is -0.355 e. The Morgan fingerprint density at radius 1 is 0.429 bits per heavy atom. The molecule has 4 radical (unpaired) electrons. The number of nitrogens with zero attached hydrogens (tertiary/aromatic N) is 3. The minimum absolute atomic E-state index is 0. The molecular formula is C44H30N4Si. The third kappa shape index (κ3) is 5.56. The number of rotatable bonds is 4. The van der Waals surface area contributed by atoms with Crippen LogP contribution < -0.4 is 0 Å². The molecule has 0 unspecified atom stereocenters. The predicted octanol–water partition coefficient (Wildman–Crippen LogP) is 10.7.